The second-order valence-electron chi connectivity index (χ2n) is 3.86. The minimum absolute atomic E-state index is 0.245. The second kappa shape index (κ2) is 5.07. The van der Waals surface area contributed by atoms with Crippen LogP contribution < -0.4 is 4.74 Å². The molecule has 0 bridgehead atoms. The van der Waals surface area contributed by atoms with Gasteiger partial charge in [-0.3, -0.25) is 0 Å². The second-order valence-corrected chi connectivity index (χ2v) is 4.90. The summed E-state index contributed by atoms with van der Waals surface area (Å²) in [7, 11) is 0. The Kier molecular flexibility index (Phi) is 3.11. The number of carbonyl (C=O) groups is 1. The molecule has 5 nitrogen and oxygen atoms in total. The van der Waals surface area contributed by atoms with Crippen LogP contribution in [0.15, 0.2) is 42.6 Å². The number of benzene rings is 1. The first-order valence-corrected chi connectivity index (χ1v) is 6.52. The molecule has 3 aromatic rings. The zero-order chi connectivity index (χ0) is 13.9. The van der Waals surface area contributed by atoms with Gasteiger partial charge in [0.1, 0.15) is 17.5 Å². The molecule has 0 amide bonds. The van der Waals surface area contributed by atoms with Crippen molar-refractivity contribution in [1.29, 1.82) is 5.26 Å². The Balaban J connectivity index is 1.88. The maximum Gasteiger partial charge on any atom is 0.362 e. The predicted octanol–water partition coefficient (Wildman–Crippen LogP) is 2.78. The molecule has 0 aliphatic rings. The van der Waals surface area contributed by atoms with Gasteiger partial charge in [0.2, 0.25) is 0 Å². The van der Waals surface area contributed by atoms with Crippen LogP contribution in [0.1, 0.15) is 15.5 Å². The van der Waals surface area contributed by atoms with Crippen LogP contribution in [0.5, 0.6) is 5.75 Å². The van der Waals surface area contributed by atoms with E-state index >= 15 is 0 Å². The molecule has 0 aliphatic heterocycles. The van der Waals surface area contributed by atoms with Crippen molar-refractivity contribution in [1.82, 2.24) is 9.97 Å². The van der Waals surface area contributed by atoms with E-state index in [-0.39, 0.29) is 5.69 Å². The molecular formula is C14H7N3O2S. The minimum atomic E-state index is -0.519. The fourth-order valence-electron chi connectivity index (χ4n) is 1.66. The highest BCUT2D eigenvalue weighted by molar-refractivity contribution is 7.19. The fraction of sp³-hybridized carbons (Fsp3) is 0. The molecule has 0 saturated carbocycles. The maximum absolute atomic E-state index is 11.9. The van der Waals surface area contributed by atoms with Gasteiger partial charge in [0, 0.05) is 12.3 Å². The molecule has 96 valence electrons. The van der Waals surface area contributed by atoms with Gasteiger partial charge in [0.25, 0.3) is 0 Å². The highest BCUT2D eigenvalue weighted by atomic mass is 32.1. The van der Waals surface area contributed by atoms with Crippen LogP contribution in [0.3, 0.4) is 0 Å². The zero-order valence-electron chi connectivity index (χ0n) is 10.1. The molecule has 0 fully saturated rings. The quantitative estimate of drug-likeness (QED) is 0.533. The number of esters is 1. The summed E-state index contributed by atoms with van der Waals surface area (Å²) in [5.41, 5.74) is 0.957. The van der Waals surface area contributed by atoms with Crippen molar-refractivity contribution in [2.45, 2.75) is 0 Å². The molecular weight excluding hydrogens is 274 g/mol. The van der Waals surface area contributed by atoms with E-state index < -0.39 is 5.97 Å². The molecule has 0 spiro atoms. The lowest BCUT2D eigenvalue weighted by molar-refractivity contribution is 0.0729. The maximum atomic E-state index is 11.9. The minimum Gasteiger partial charge on any atom is -0.422 e. The van der Waals surface area contributed by atoms with E-state index in [9.17, 15) is 4.79 Å². The normalized spacial score (nSPS) is 10.2. The molecule has 0 radical (unpaired) electrons. The lowest BCUT2D eigenvalue weighted by Gasteiger charge is -2.03. The van der Waals surface area contributed by atoms with Crippen LogP contribution in [0.2, 0.25) is 0 Å². The van der Waals surface area contributed by atoms with E-state index in [1.807, 2.05) is 6.07 Å². The average Bonchev–Trinajstić information content (AvgIpc) is 2.90. The molecule has 2 heterocycles. The van der Waals surface area contributed by atoms with Crippen molar-refractivity contribution >= 4 is 27.5 Å². The third kappa shape index (κ3) is 2.35. The number of rotatable bonds is 2. The summed E-state index contributed by atoms with van der Waals surface area (Å²) in [4.78, 5) is 19.9. The van der Waals surface area contributed by atoms with Crippen molar-refractivity contribution in [3.05, 3.63) is 53.3 Å². The zero-order valence-corrected chi connectivity index (χ0v) is 10.9. The van der Waals surface area contributed by atoms with Crippen molar-refractivity contribution in [2.24, 2.45) is 0 Å². The molecule has 0 aliphatic carbocycles. The molecule has 6 heteroatoms. The Morgan fingerprint density at radius 1 is 1.30 bits per heavy atom. The van der Waals surface area contributed by atoms with Gasteiger partial charge in [0.05, 0.1) is 10.2 Å². The highest BCUT2D eigenvalue weighted by Crippen LogP contribution is 2.26. The van der Waals surface area contributed by atoms with Crippen LogP contribution in [0.4, 0.5) is 0 Å². The Labute approximate surface area is 118 Å². The number of carbonyl (C=O) groups excluding carboxylic acids is 1. The van der Waals surface area contributed by atoms with Gasteiger partial charge in [-0.25, -0.2) is 14.8 Å². The smallest absolute Gasteiger partial charge is 0.362 e. The van der Waals surface area contributed by atoms with Crippen molar-refractivity contribution in [3.63, 3.8) is 0 Å². The predicted molar refractivity (Wildman–Crippen MR) is 73.5 cm³/mol. The number of nitriles is 1. The third-order valence-electron chi connectivity index (χ3n) is 2.54. The molecule has 1 aromatic carbocycles. The van der Waals surface area contributed by atoms with Crippen LogP contribution in [0.25, 0.3) is 10.2 Å². The third-order valence-corrected chi connectivity index (χ3v) is 3.46. The number of hydrogen-bond donors (Lipinski definition) is 0. The van der Waals surface area contributed by atoms with Crippen LogP contribution in [-0.4, -0.2) is 15.9 Å². The van der Waals surface area contributed by atoms with Crippen LogP contribution >= 0.6 is 11.3 Å². The Bertz CT molecular complexity index is 821. The number of fused-ring (bicyclic) bond motifs is 1. The van der Waals surface area contributed by atoms with Gasteiger partial charge in [0.15, 0.2) is 5.01 Å². The van der Waals surface area contributed by atoms with E-state index in [1.54, 1.807) is 36.4 Å². The molecule has 0 saturated heterocycles. The van der Waals surface area contributed by atoms with Gasteiger partial charge in [-0.1, -0.05) is 6.07 Å². The fourth-order valence-corrected chi connectivity index (χ4v) is 2.45. The van der Waals surface area contributed by atoms with Gasteiger partial charge >= 0.3 is 5.97 Å². The van der Waals surface area contributed by atoms with Crippen molar-refractivity contribution in [3.8, 4) is 11.8 Å². The number of ether oxygens (including phenoxy) is 1. The summed E-state index contributed by atoms with van der Waals surface area (Å²) in [6.07, 6.45) is 1.53. The number of aromatic nitrogens is 2. The Hall–Kier alpha value is -2.78. The monoisotopic (exact) mass is 281 g/mol. The lowest BCUT2D eigenvalue weighted by Crippen LogP contribution is -2.09. The summed E-state index contributed by atoms with van der Waals surface area (Å²) in [5.74, 6) is -0.115. The van der Waals surface area contributed by atoms with Gasteiger partial charge in [-0.05, 0) is 24.3 Å². The first-order valence-electron chi connectivity index (χ1n) is 5.70. The SMILES string of the molecule is N#Cc1nc2ccc(OC(=O)c3ccccn3)cc2s1. The number of thiazole rings is 1. The average molecular weight is 281 g/mol. The molecule has 0 N–H and O–H groups in total. The molecule has 20 heavy (non-hydrogen) atoms. The summed E-state index contributed by atoms with van der Waals surface area (Å²) < 4.78 is 6.04. The molecule has 3 rings (SSSR count). The first kappa shape index (κ1) is 12.3. The van der Waals surface area contributed by atoms with Gasteiger partial charge < -0.3 is 4.74 Å². The van der Waals surface area contributed by atoms with Gasteiger partial charge in [-0.2, -0.15) is 5.26 Å². The van der Waals surface area contributed by atoms with Crippen molar-refractivity contribution in [2.75, 3.05) is 0 Å². The van der Waals surface area contributed by atoms with E-state index in [4.69, 9.17) is 10.00 Å². The lowest BCUT2D eigenvalue weighted by atomic mass is 10.3. The Morgan fingerprint density at radius 3 is 2.95 bits per heavy atom. The Morgan fingerprint density at radius 2 is 2.20 bits per heavy atom. The molecule has 0 atom stereocenters. The van der Waals surface area contributed by atoms with Gasteiger partial charge in [-0.15, -0.1) is 11.3 Å². The molecule has 2 aromatic heterocycles. The number of pyridine rings is 1. The number of hydrogen-bond acceptors (Lipinski definition) is 6. The van der Waals surface area contributed by atoms with E-state index in [0.29, 0.717) is 16.3 Å². The summed E-state index contributed by atoms with van der Waals surface area (Å²) in [5, 5.41) is 9.19. The topological polar surface area (TPSA) is 75.9 Å². The van der Waals surface area contributed by atoms with E-state index in [2.05, 4.69) is 9.97 Å². The summed E-state index contributed by atoms with van der Waals surface area (Å²) in [6, 6.07) is 12.1. The largest absolute Gasteiger partial charge is 0.422 e. The van der Waals surface area contributed by atoms with Crippen LogP contribution in [0, 0.1) is 11.3 Å². The van der Waals surface area contributed by atoms with E-state index in [0.717, 1.165) is 4.70 Å². The molecule has 0 unspecified atom stereocenters. The summed E-state index contributed by atoms with van der Waals surface area (Å²) >= 11 is 1.26. The highest BCUT2D eigenvalue weighted by Gasteiger charge is 2.11. The standard InChI is InChI=1S/C14H7N3O2S/c15-8-13-17-10-5-4-9(7-12(10)20-13)19-14(18)11-3-1-2-6-16-11/h1-7H. The van der Waals surface area contributed by atoms with E-state index in [1.165, 1.54) is 17.5 Å². The first-order chi connectivity index (χ1) is 9.76. The summed E-state index contributed by atoms with van der Waals surface area (Å²) in [6.45, 7) is 0. The van der Waals surface area contributed by atoms with Crippen molar-refractivity contribution < 1.29 is 9.53 Å². The number of nitrogens with zero attached hydrogens (tertiary/aromatic N) is 3. The van der Waals surface area contributed by atoms with Crippen LogP contribution in [-0.2, 0) is 0 Å².